The fourth-order valence-corrected chi connectivity index (χ4v) is 3.28. The number of esters is 1. The molecule has 1 aliphatic rings. The van der Waals surface area contributed by atoms with Crippen molar-refractivity contribution in [3.8, 4) is 0 Å². The molecule has 1 fully saturated rings. The molecule has 8 heteroatoms. The highest BCUT2D eigenvalue weighted by molar-refractivity contribution is 5.96. The summed E-state index contributed by atoms with van der Waals surface area (Å²) in [4.78, 5) is 26.1. The Kier molecular flexibility index (Phi) is 6.45. The maximum atomic E-state index is 13.3. The summed E-state index contributed by atoms with van der Waals surface area (Å²) in [6.07, 6.45) is -2.75. The Balaban J connectivity index is 1.73. The lowest BCUT2D eigenvalue weighted by Crippen LogP contribution is -2.35. The smallest absolute Gasteiger partial charge is 0.416 e. The predicted molar refractivity (Wildman–Crippen MR) is 106 cm³/mol. The Bertz CT molecular complexity index is 939. The summed E-state index contributed by atoms with van der Waals surface area (Å²) in [5, 5.41) is 2.76. The number of aryl methyl sites for hydroxylation is 1. The molecule has 0 spiro atoms. The molecule has 2 aromatic carbocycles. The van der Waals surface area contributed by atoms with Gasteiger partial charge in [0.2, 0.25) is 5.91 Å². The zero-order valence-electron chi connectivity index (χ0n) is 16.8. The molecule has 0 unspecified atom stereocenters. The Morgan fingerprint density at radius 2 is 1.87 bits per heavy atom. The number of carbonyl (C=O) groups excluding carboxylic acids is 2. The van der Waals surface area contributed by atoms with Crippen molar-refractivity contribution >= 4 is 17.6 Å². The van der Waals surface area contributed by atoms with Gasteiger partial charge < -0.3 is 10.1 Å². The Hall–Kier alpha value is -2.87. The molecule has 0 radical (unpaired) electrons. The largest absolute Gasteiger partial charge is 0.465 e. The number of amides is 1. The fourth-order valence-electron chi connectivity index (χ4n) is 3.28. The topological polar surface area (TPSA) is 58.6 Å². The van der Waals surface area contributed by atoms with Crippen molar-refractivity contribution in [3.63, 3.8) is 0 Å². The van der Waals surface area contributed by atoms with Crippen LogP contribution in [0, 0.1) is 6.92 Å². The molecule has 5 nitrogen and oxygen atoms in total. The maximum Gasteiger partial charge on any atom is 0.416 e. The molecule has 0 bridgehead atoms. The number of ether oxygens (including phenoxy) is 1. The van der Waals surface area contributed by atoms with Gasteiger partial charge in [-0.05, 0) is 49.1 Å². The van der Waals surface area contributed by atoms with Crippen LogP contribution in [0.3, 0.4) is 0 Å². The molecular weight excluding hydrogens is 397 g/mol. The van der Waals surface area contributed by atoms with E-state index < -0.39 is 17.7 Å². The highest BCUT2D eigenvalue weighted by atomic mass is 19.4. The molecule has 160 valence electrons. The standard InChI is InChI=1S/C22H23F3N2O3/c1-14-7-8-15(21(29)30-2)11-19(14)26-20(28)13-27(17-9-10-17)12-16-5-3-4-6-18(16)22(23,24)25/h3-8,11,17H,9-10,12-13H2,1-2H3,(H,26,28). The number of nitrogens with zero attached hydrogens (tertiary/aromatic N) is 1. The first-order chi connectivity index (χ1) is 14.2. The Morgan fingerprint density at radius 3 is 2.50 bits per heavy atom. The third kappa shape index (κ3) is 5.38. The van der Waals surface area contributed by atoms with Gasteiger partial charge in [0.15, 0.2) is 0 Å². The van der Waals surface area contributed by atoms with Crippen LogP contribution in [-0.2, 0) is 22.3 Å². The monoisotopic (exact) mass is 420 g/mol. The fraction of sp³-hybridized carbons (Fsp3) is 0.364. The number of rotatable bonds is 7. The van der Waals surface area contributed by atoms with E-state index in [0.29, 0.717) is 11.3 Å². The zero-order valence-corrected chi connectivity index (χ0v) is 16.8. The van der Waals surface area contributed by atoms with Gasteiger partial charge in [-0.2, -0.15) is 13.2 Å². The van der Waals surface area contributed by atoms with Crippen LogP contribution in [0.4, 0.5) is 18.9 Å². The van der Waals surface area contributed by atoms with E-state index in [4.69, 9.17) is 4.74 Å². The van der Waals surface area contributed by atoms with E-state index in [0.717, 1.165) is 24.5 Å². The number of hydrogen-bond donors (Lipinski definition) is 1. The highest BCUT2D eigenvalue weighted by Gasteiger charge is 2.36. The second-order valence-corrected chi connectivity index (χ2v) is 7.36. The molecule has 0 aromatic heterocycles. The lowest BCUT2D eigenvalue weighted by Gasteiger charge is -2.23. The summed E-state index contributed by atoms with van der Waals surface area (Å²) in [5.41, 5.74) is 0.994. The summed E-state index contributed by atoms with van der Waals surface area (Å²) in [7, 11) is 1.27. The molecule has 1 N–H and O–H groups in total. The van der Waals surface area contributed by atoms with E-state index in [1.165, 1.54) is 25.3 Å². The Labute approximate surface area is 172 Å². The average molecular weight is 420 g/mol. The van der Waals surface area contributed by atoms with E-state index in [2.05, 4.69) is 5.32 Å². The molecule has 0 heterocycles. The summed E-state index contributed by atoms with van der Waals surface area (Å²) in [5.74, 6) is -0.870. The molecule has 3 rings (SSSR count). The van der Waals surface area contributed by atoms with Crippen LogP contribution in [0.1, 0.15) is 39.9 Å². The normalized spacial score (nSPS) is 13.9. The van der Waals surface area contributed by atoms with Crippen LogP contribution in [-0.4, -0.2) is 36.5 Å². The first kappa shape index (κ1) is 21.8. The third-order valence-corrected chi connectivity index (χ3v) is 5.04. The van der Waals surface area contributed by atoms with E-state index in [1.54, 1.807) is 30.0 Å². The van der Waals surface area contributed by atoms with Gasteiger partial charge in [0, 0.05) is 18.3 Å². The molecule has 1 amide bonds. The SMILES string of the molecule is COC(=O)c1ccc(C)c(NC(=O)CN(Cc2ccccc2C(F)(F)F)C2CC2)c1. The van der Waals surface area contributed by atoms with Gasteiger partial charge >= 0.3 is 12.1 Å². The quantitative estimate of drug-likeness (QED) is 0.675. The zero-order chi connectivity index (χ0) is 21.9. The minimum Gasteiger partial charge on any atom is -0.465 e. The lowest BCUT2D eigenvalue weighted by molar-refractivity contribution is -0.138. The highest BCUT2D eigenvalue weighted by Crippen LogP contribution is 2.34. The Morgan fingerprint density at radius 1 is 1.17 bits per heavy atom. The van der Waals surface area contributed by atoms with Crippen molar-refractivity contribution in [2.45, 2.75) is 38.5 Å². The molecule has 1 aliphatic carbocycles. The van der Waals surface area contributed by atoms with Crippen LogP contribution in [0.15, 0.2) is 42.5 Å². The predicted octanol–water partition coefficient (Wildman–Crippen LogP) is 4.40. The number of carbonyl (C=O) groups is 2. The number of methoxy groups -OCH3 is 1. The molecule has 0 aliphatic heterocycles. The second-order valence-electron chi connectivity index (χ2n) is 7.36. The molecule has 1 saturated carbocycles. The number of halogens is 3. The van der Waals surface area contributed by atoms with Crippen LogP contribution >= 0.6 is 0 Å². The molecule has 30 heavy (non-hydrogen) atoms. The first-order valence-electron chi connectivity index (χ1n) is 9.57. The number of anilines is 1. The maximum absolute atomic E-state index is 13.3. The van der Waals surface area contributed by atoms with Crippen LogP contribution in [0.2, 0.25) is 0 Å². The van der Waals surface area contributed by atoms with Crippen molar-refractivity contribution in [1.29, 1.82) is 0 Å². The van der Waals surface area contributed by atoms with Gasteiger partial charge in [-0.1, -0.05) is 24.3 Å². The summed E-state index contributed by atoms with van der Waals surface area (Å²) < 4.78 is 44.6. The van der Waals surface area contributed by atoms with Crippen LogP contribution in [0.25, 0.3) is 0 Å². The van der Waals surface area contributed by atoms with Crippen molar-refractivity contribution in [2.75, 3.05) is 19.0 Å². The van der Waals surface area contributed by atoms with Crippen molar-refractivity contribution in [1.82, 2.24) is 4.90 Å². The summed E-state index contributed by atoms with van der Waals surface area (Å²) in [6, 6.07) is 10.3. The van der Waals surface area contributed by atoms with E-state index >= 15 is 0 Å². The molecule has 0 saturated heterocycles. The minimum absolute atomic E-state index is 0.0367. The second kappa shape index (κ2) is 8.87. The lowest BCUT2D eigenvalue weighted by atomic mass is 10.1. The summed E-state index contributed by atoms with van der Waals surface area (Å²) in [6.45, 7) is 1.78. The molecule has 2 aromatic rings. The van der Waals surface area contributed by atoms with Gasteiger partial charge in [-0.25, -0.2) is 4.79 Å². The van der Waals surface area contributed by atoms with Gasteiger partial charge in [0.1, 0.15) is 0 Å². The van der Waals surface area contributed by atoms with Gasteiger partial charge in [0.05, 0.1) is 24.8 Å². The van der Waals surface area contributed by atoms with Gasteiger partial charge in [0.25, 0.3) is 0 Å². The average Bonchev–Trinajstić information content (AvgIpc) is 3.53. The minimum atomic E-state index is -4.44. The van der Waals surface area contributed by atoms with E-state index in [-0.39, 0.29) is 30.6 Å². The third-order valence-electron chi connectivity index (χ3n) is 5.04. The van der Waals surface area contributed by atoms with Crippen LogP contribution in [0.5, 0.6) is 0 Å². The van der Waals surface area contributed by atoms with Gasteiger partial charge in [-0.15, -0.1) is 0 Å². The molecular formula is C22H23F3N2O3. The molecule has 0 atom stereocenters. The first-order valence-corrected chi connectivity index (χ1v) is 9.57. The van der Waals surface area contributed by atoms with Crippen molar-refractivity contribution < 1.29 is 27.5 Å². The van der Waals surface area contributed by atoms with E-state index in [1.807, 2.05) is 0 Å². The van der Waals surface area contributed by atoms with Crippen molar-refractivity contribution in [2.24, 2.45) is 0 Å². The summed E-state index contributed by atoms with van der Waals surface area (Å²) >= 11 is 0. The van der Waals surface area contributed by atoms with Gasteiger partial charge in [-0.3, -0.25) is 9.69 Å². The number of benzene rings is 2. The van der Waals surface area contributed by atoms with E-state index in [9.17, 15) is 22.8 Å². The number of alkyl halides is 3. The number of nitrogens with one attached hydrogen (secondary N) is 1. The van der Waals surface area contributed by atoms with Crippen molar-refractivity contribution in [3.05, 3.63) is 64.7 Å². The number of hydrogen-bond acceptors (Lipinski definition) is 4. The van der Waals surface area contributed by atoms with Crippen LogP contribution < -0.4 is 5.32 Å².